The van der Waals surface area contributed by atoms with Crippen molar-refractivity contribution in [2.75, 3.05) is 16.8 Å². The van der Waals surface area contributed by atoms with Crippen molar-refractivity contribution in [2.45, 2.75) is 25.2 Å². The molecule has 4 rings (SSSR count). The van der Waals surface area contributed by atoms with Crippen LogP contribution in [0.3, 0.4) is 0 Å². The summed E-state index contributed by atoms with van der Waals surface area (Å²) < 4.78 is 4.14. The van der Waals surface area contributed by atoms with Crippen molar-refractivity contribution in [3.05, 3.63) is 40.9 Å². The third kappa shape index (κ3) is 3.53. The van der Waals surface area contributed by atoms with Gasteiger partial charge in [0.05, 0.1) is 0 Å². The van der Waals surface area contributed by atoms with E-state index in [9.17, 15) is 9.59 Å². The summed E-state index contributed by atoms with van der Waals surface area (Å²) in [4.78, 5) is 34.1. The van der Waals surface area contributed by atoms with Crippen LogP contribution < -0.4 is 10.2 Å². The Kier molecular flexibility index (Phi) is 5.08. The Bertz CT molecular complexity index is 791. The van der Waals surface area contributed by atoms with E-state index in [4.69, 9.17) is 9.90 Å². The van der Waals surface area contributed by atoms with E-state index in [1.165, 1.54) is 11.5 Å². The maximum Gasteiger partial charge on any atom is 0.290 e. The molecular weight excluding hydrogens is 342 g/mol. The van der Waals surface area contributed by atoms with E-state index >= 15 is 0 Å². The zero-order valence-electron chi connectivity index (χ0n) is 13.3. The number of hydrogen-bond donors (Lipinski definition) is 2. The minimum Gasteiger partial charge on any atom is -0.483 e. The molecule has 0 saturated carbocycles. The fraction of sp³-hybridized carbons (Fsp3) is 0.294. The number of anilines is 2. The number of carbonyl (C=O) groups is 3. The highest BCUT2D eigenvalue weighted by Gasteiger charge is 2.29. The molecule has 2 aliphatic heterocycles. The summed E-state index contributed by atoms with van der Waals surface area (Å²) in [5, 5.41) is 11.8. The molecule has 0 aliphatic carbocycles. The first-order valence-electron chi connectivity index (χ1n) is 7.85. The van der Waals surface area contributed by atoms with Crippen molar-refractivity contribution >= 4 is 41.2 Å². The van der Waals surface area contributed by atoms with E-state index in [0.29, 0.717) is 12.8 Å². The van der Waals surface area contributed by atoms with Crippen molar-refractivity contribution in [2.24, 2.45) is 0 Å². The van der Waals surface area contributed by atoms with Crippen LogP contribution in [0, 0.1) is 0 Å². The molecule has 1 fully saturated rings. The van der Waals surface area contributed by atoms with Crippen LogP contribution in [0.2, 0.25) is 0 Å². The van der Waals surface area contributed by atoms with Crippen LogP contribution >= 0.6 is 11.5 Å². The van der Waals surface area contributed by atoms with Gasteiger partial charge in [0, 0.05) is 48.3 Å². The SMILES string of the molecule is O=C1CC(c2cnsc2)c2ccc(N3CCCC3=O)cc2N1.O=CO. The highest BCUT2D eigenvalue weighted by molar-refractivity contribution is 7.03. The Morgan fingerprint density at radius 3 is 2.80 bits per heavy atom. The molecule has 7 nitrogen and oxygen atoms in total. The molecule has 2 aliphatic rings. The average molecular weight is 359 g/mol. The Morgan fingerprint density at radius 1 is 1.36 bits per heavy atom. The van der Waals surface area contributed by atoms with Crippen molar-refractivity contribution < 1.29 is 19.5 Å². The van der Waals surface area contributed by atoms with E-state index < -0.39 is 0 Å². The number of carbonyl (C=O) groups excluding carboxylic acids is 2. The minimum absolute atomic E-state index is 0.00796. The molecule has 3 heterocycles. The first-order chi connectivity index (χ1) is 12.1. The number of fused-ring (bicyclic) bond motifs is 1. The smallest absolute Gasteiger partial charge is 0.290 e. The number of nitrogens with one attached hydrogen (secondary N) is 1. The lowest BCUT2D eigenvalue weighted by Crippen LogP contribution is -2.26. The van der Waals surface area contributed by atoms with Gasteiger partial charge in [0.15, 0.2) is 0 Å². The predicted octanol–water partition coefficient (Wildman–Crippen LogP) is 2.44. The minimum atomic E-state index is -0.250. The molecule has 2 N–H and O–H groups in total. The predicted molar refractivity (Wildman–Crippen MR) is 93.9 cm³/mol. The third-order valence-corrected chi connectivity index (χ3v) is 4.92. The Labute approximate surface area is 148 Å². The number of benzene rings is 1. The van der Waals surface area contributed by atoms with Crippen LogP contribution in [-0.2, 0) is 14.4 Å². The van der Waals surface area contributed by atoms with Crippen LogP contribution in [0.5, 0.6) is 0 Å². The van der Waals surface area contributed by atoms with Gasteiger partial charge in [-0.3, -0.25) is 14.4 Å². The lowest BCUT2D eigenvalue weighted by atomic mass is 9.86. The van der Waals surface area contributed by atoms with Crippen molar-refractivity contribution in [1.29, 1.82) is 0 Å². The average Bonchev–Trinajstić information content (AvgIpc) is 3.25. The fourth-order valence-corrected chi connectivity index (χ4v) is 3.81. The molecule has 2 amide bonds. The van der Waals surface area contributed by atoms with Gasteiger partial charge in [0.2, 0.25) is 11.8 Å². The van der Waals surface area contributed by atoms with Gasteiger partial charge in [-0.05, 0) is 41.2 Å². The van der Waals surface area contributed by atoms with Gasteiger partial charge in [-0.15, -0.1) is 0 Å². The lowest BCUT2D eigenvalue weighted by molar-refractivity contribution is -0.123. The van der Waals surface area contributed by atoms with Crippen LogP contribution in [0.1, 0.15) is 36.3 Å². The quantitative estimate of drug-likeness (QED) is 0.802. The molecule has 1 saturated heterocycles. The van der Waals surface area contributed by atoms with E-state index in [0.717, 1.165) is 35.5 Å². The van der Waals surface area contributed by atoms with Crippen LogP contribution in [0.25, 0.3) is 0 Å². The normalized spacial score (nSPS) is 18.9. The molecule has 8 heteroatoms. The monoisotopic (exact) mass is 359 g/mol. The molecule has 0 bridgehead atoms. The molecule has 1 aromatic carbocycles. The zero-order valence-corrected chi connectivity index (χ0v) is 14.2. The van der Waals surface area contributed by atoms with Gasteiger partial charge in [-0.1, -0.05) is 6.07 Å². The second-order valence-corrected chi connectivity index (χ2v) is 6.45. The number of hydrogen-bond acceptors (Lipinski definition) is 5. The van der Waals surface area contributed by atoms with Crippen molar-refractivity contribution in [3.63, 3.8) is 0 Å². The Hall–Kier alpha value is -2.74. The van der Waals surface area contributed by atoms with Gasteiger partial charge in [0.25, 0.3) is 6.47 Å². The van der Waals surface area contributed by atoms with Crippen LogP contribution in [0.4, 0.5) is 11.4 Å². The number of nitrogens with zero attached hydrogens (tertiary/aromatic N) is 2. The second kappa shape index (κ2) is 7.43. The summed E-state index contributed by atoms with van der Waals surface area (Å²) in [6, 6.07) is 5.92. The van der Waals surface area contributed by atoms with Gasteiger partial charge in [-0.25, -0.2) is 4.37 Å². The number of aromatic nitrogens is 1. The van der Waals surface area contributed by atoms with Gasteiger partial charge in [0.1, 0.15) is 0 Å². The number of carboxylic acid groups (broad SMARTS) is 1. The maximum absolute atomic E-state index is 12.0. The molecule has 0 radical (unpaired) electrons. The molecular formula is C17H17N3O4S. The maximum atomic E-state index is 12.0. The third-order valence-electron chi connectivity index (χ3n) is 4.31. The van der Waals surface area contributed by atoms with E-state index in [2.05, 4.69) is 9.69 Å². The molecule has 0 spiro atoms. The summed E-state index contributed by atoms with van der Waals surface area (Å²) >= 11 is 1.40. The van der Waals surface area contributed by atoms with Gasteiger partial charge < -0.3 is 15.3 Å². The molecule has 1 unspecified atom stereocenters. The van der Waals surface area contributed by atoms with Gasteiger partial charge >= 0.3 is 0 Å². The van der Waals surface area contributed by atoms with Crippen molar-refractivity contribution in [3.8, 4) is 0 Å². The highest BCUT2D eigenvalue weighted by Crippen LogP contribution is 2.39. The molecule has 130 valence electrons. The topological polar surface area (TPSA) is 99.6 Å². The number of rotatable bonds is 2. The number of amides is 2. The summed E-state index contributed by atoms with van der Waals surface area (Å²) in [6.07, 6.45) is 3.77. The Balaban J connectivity index is 0.000000569. The standard InChI is InChI=1S/C16H15N3O2S.CH2O2/c20-15-7-13(10-8-17-22-9-10)12-4-3-11(6-14(12)18-15)19-5-1-2-16(19)21;2-1-3/h3-4,6,8-9,13H,1-2,5,7H2,(H,18,20);1H,(H,2,3). The molecule has 25 heavy (non-hydrogen) atoms. The first kappa shape index (κ1) is 17.1. The molecule has 1 aromatic heterocycles. The molecule has 1 atom stereocenters. The van der Waals surface area contributed by atoms with E-state index in [-0.39, 0.29) is 24.2 Å². The summed E-state index contributed by atoms with van der Waals surface area (Å²) in [5.41, 5.74) is 3.84. The second-order valence-electron chi connectivity index (χ2n) is 5.79. The first-order valence-corrected chi connectivity index (χ1v) is 8.69. The molecule has 2 aromatic rings. The van der Waals surface area contributed by atoms with Crippen molar-refractivity contribution in [1.82, 2.24) is 4.37 Å². The summed E-state index contributed by atoms with van der Waals surface area (Å²) in [7, 11) is 0. The lowest BCUT2D eigenvalue weighted by Gasteiger charge is -2.27. The highest BCUT2D eigenvalue weighted by atomic mass is 32.1. The zero-order chi connectivity index (χ0) is 17.8. The van der Waals surface area contributed by atoms with E-state index in [1.807, 2.05) is 29.8 Å². The fourth-order valence-electron chi connectivity index (χ4n) is 3.22. The summed E-state index contributed by atoms with van der Waals surface area (Å²) in [5.74, 6) is 0.208. The summed E-state index contributed by atoms with van der Waals surface area (Å²) in [6.45, 7) is 0.503. The largest absolute Gasteiger partial charge is 0.483 e. The van der Waals surface area contributed by atoms with E-state index in [1.54, 1.807) is 4.90 Å². The van der Waals surface area contributed by atoms with Crippen LogP contribution in [0.15, 0.2) is 29.8 Å². The van der Waals surface area contributed by atoms with Crippen LogP contribution in [-0.4, -0.2) is 34.3 Å². The van der Waals surface area contributed by atoms with Gasteiger partial charge in [-0.2, -0.15) is 0 Å². The Morgan fingerprint density at radius 2 is 2.16 bits per heavy atom.